The summed E-state index contributed by atoms with van der Waals surface area (Å²) in [6.07, 6.45) is 2.65. The molecule has 116 valence electrons. The molecular formula is C15H16FN3O3. The Kier molecular flexibility index (Phi) is 3.79. The van der Waals surface area contributed by atoms with Crippen LogP contribution in [0.3, 0.4) is 0 Å². The van der Waals surface area contributed by atoms with Gasteiger partial charge in [0, 0.05) is 6.54 Å². The van der Waals surface area contributed by atoms with E-state index in [9.17, 15) is 14.3 Å². The Morgan fingerprint density at radius 3 is 2.68 bits per heavy atom. The molecule has 2 aromatic rings. The minimum atomic E-state index is -0.790. The Morgan fingerprint density at radius 1 is 1.36 bits per heavy atom. The van der Waals surface area contributed by atoms with Gasteiger partial charge in [-0.2, -0.15) is 4.98 Å². The van der Waals surface area contributed by atoms with Crippen LogP contribution < -0.4 is 5.32 Å². The molecule has 0 amide bonds. The van der Waals surface area contributed by atoms with Gasteiger partial charge in [-0.15, -0.1) is 0 Å². The van der Waals surface area contributed by atoms with Gasteiger partial charge < -0.3 is 14.9 Å². The number of benzene rings is 1. The minimum absolute atomic E-state index is 0.282. The second-order valence-corrected chi connectivity index (χ2v) is 5.61. The molecule has 0 bridgehead atoms. The number of nitrogens with zero attached hydrogens (tertiary/aromatic N) is 2. The predicted octanol–water partition coefficient (Wildman–Crippen LogP) is 2.47. The number of aromatic nitrogens is 2. The summed E-state index contributed by atoms with van der Waals surface area (Å²) in [5.41, 5.74) is 0.148. The maximum absolute atomic E-state index is 12.8. The lowest BCUT2D eigenvalue weighted by molar-refractivity contribution is -0.153. The van der Waals surface area contributed by atoms with Crippen molar-refractivity contribution in [3.05, 3.63) is 41.5 Å². The Morgan fingerprint density at radius 2 is 2.09 bits per heavy atom. The molecule has 2 N–H and O–H groups in total. The van der Waals surface area contributed by atoms with Gasteiger partial charge in [-0.3, -0.25) is 4.79 Å². The standard InChI is InChI=1S/C15H16FN3O3/c16-11-4-2-10(3-5-11)8-12-18-14(19-22-12)17-9-15(13(20)21)6-1-7-15/h2-5H,1,6-9H2,(H,17,19)(H,20,21). The van der Waals surface area contributed by atoms with Crippen LogP contribution in [0.4, 0.5) is 10.3 Å². The quantitative estimate of drug-likeness (QED) is 0.852. The number of halogens is 1. The summed E-state index contributed by atoms with van der Waals surface area (Å²) < 4.78 is 17.9. The number of rotatable bonds is 6. The van der Waals surface area contributed by atoms with Crippen molar-refractivity contribution in [2.75, 3.05) is 11.9 Å². The summed E-state index contributed by atoms with van der Waals surface area (Å²) in [4.78, 5) is 15.4. The number of carbonyl (C=O) groups is 1. The van der Waals surface area contributed by atoms with Gasteiger partial charge in [0.05, 0.1) is 11.8 Å². The number of carboxylic acids is 1. The second-order valence-electron chi connectivity index (χ2n) is 5.61. The SMILES string of the molecule is O=C(O)C1(CNc2noc(Cc3ccc(F)cc3)n2)CCC1. The number of anilines is 1. The summed E-state index contributed by atoms with van der Waals surface area (Å²) in [5, 5.41) is 16.0. The Labute approximate surface area is 126 Å². The van der Waals surface area contributed by atoms with Crippen molar-refractivity contribution < 1.29 is 18.8 Å². The summed E-state index contributed by atoms with van der Waals surface area (Å²) in [6.45, 7) is 0.290. The van der Waals surface area contributed by atoms with Gasteiger partial charge in [0.15, 0.2) is 0 Å². The lowest BCUT2D eigenvalue weighted by Crippen LogP contribution is -2.43. The molecule has 22 heavy (non-hydrogen) atoms. The molecule has 0 saturated heterocycles. The highest BCUT2D eigenvalue weighted by Crippen LogP contribution is 2.41. The van der Waals surface area contributed by atoms with Crippen LogP contribution in [-0.4, -0.2) is 27.8 Å². The van der Waals surface area contributed by atoms with Crippen LogP contribution in [0.25, 0.3) is 0 Å². The number of nitrogens with one attached hydrogen (secondary N) is 1. The third kappa shape index (κ3) is 2.93. The average Bonchev–Trinajstić information content (AvgIpc) is 2.87. The number of hydrogen-bond donors (Lipinski definition) is 2. The molecule has 1 aromatic carbocycles. The van der Waals surface area contributed by atoms with Crippen LogP contribution in [0.5, 0.6) is 0 Å². The highest BCUT2D eigenvalue weighted by Gasteiger charge is 2.44. The van der Waals surface area contributed by atoms with Crippen LogP contribution in [0.2, 0.25) is 0 Å². The number of aliphatic carboxylic acids is 1. The largest absolute Gasteiger partial charge is 0.481 e. The summed E-state index contributed by atoms with van der Waals surface area (Å²) in [7, 11) is 0. The lowest BCUT2D eigenvalue weighted by Gasteiger charge is -2.37. The smallest absolute Gasteiger partial charge is 0.311 e. The molecule has 0 spiro atoms. The Bertz CT molecular complexity index is 665. The van der Waals surface area contributed by atoms with Crippen molar-refractivity contribution in [3.8, 4) is 0 Å². The van der Waals surface area contributed by atoms with E-state index in [2.05, 4.69) is 15.5 Å². The van der Waals surface area contributed by atoms with Crippen molar-refractivity contribution in [1.82, 2.24) is 10.1 Å². The topological polar surface area (TPSA) is 88.2 Å². The van der Waals surface area contributed by atoms with Gasteiger partial charge in [0.25, 0.3) is 5.95 Å². The molecule has 1 aromatic heterocycles. The van der Waals surface area contributed by atoms with E-state index in [1.807, 2.05) is 0 Å². The zero-order valence-corrected chi connectivity index (χ0v) is 11.9. The van der Waals surface area contributed by atoms with Gasteiger partial charge in [-0.1, -0.05) is 18.6 Å². The first kappa shape index (κ1) is 14.5. The molecule has 6 nitrogen and oxygen atoms in total. The van der Waals surface area contributed by atoms with E-state index in [4.69, 9.17) is 4.52 Å². The fourth-order valence-electron chi connectivity index (χ4n) is 2.49. The van der Waals surface area contributed by atoms with E-state index in [0.29, 0.717) is 25.2 Å². The van der Waals surface area contributed by atoms with Crippen LogP contribution >= 0.6 is 0 Å². The van der Waals surface area contributed by atoms with Gasteiger partial charge in [0.2, 0.25) is 5.89 Å². The third-order valence-electron chi connectivity index (χ3n) is 4.09. The molecule has 1 saturated carbocycles. The molecule has 0 atom stereocenters. The Hall–Kier alpha value is -2.44. The van der Waals surface area contributed by atoms with Crippen LogP contribution in [0.1, 0.15) is 30.7 Å². The maximum atomic E-state index is 12.8. The van der Waals surface area contributed by atoms with Gasteiger partial charge in [-0.05, 0) is 35.7 Å². The monoisotopic (exact) mass is 305 g/mol. The first-order valence-electron chi connectivity index (χ1n) is 7.12. The van der Waals surface area contributed by atoms with E-state index < -0.39 is 11.4 Å². The molecule has 0 radical (unpaired) electrons. The molecule has 1 aliphatic rings. The molecule has 0 unspecified atom stereocenters. The molecule has 3 rings (SSSR count). The van der Waals surface area contributed by atoms with Crippen LogP contribution in [0.15, 0.2) is 28.8 Å². The van der Waals surface area contributed by atoms with Crippen molar-refractivity contribution in [2.45, 2.75) is 25.7 Å². The van der Waals surface area contributed by atoms with E-state index in [1.54, 1.807) is 12.1 Å². The van der Waals surface area contributed by atoms with E-state index in [1.165, 1.54) is 12.1 Å². The summed E-state index contributed by atoms with van der Waals surface area (Å²) in [5.74, 6) is -0.408. The summed E-state index contributed by atoms with van der Waals surface area (Å²) in [6, 6.07) is 6.05. The summed E-state index contributed by atoms with van der Waals surface area (Å²) >= 11 is 0. The number of carboxylic acid groups (broad SMARTS) is 1. The highest BCUT2D eigenvalue weighted by atomic mass is 19.1. The third-order valence-corrected chi connectivity index (χ3v) is 4.09. The lowest BCUT2D eigenvalue weighted by atomic mass is 9.69. The molecule has 1 heterocycles. The first-order chi connectivity index (χ1) is 10.6. The zero-order valence-electron chi connectivity index (χ0n) is 11.9. The van der Waals surface area contributed by atoms with Crippen molar-refractivity contribution in [2.24, 2.45) is 5.41 Å². The van der Waals surface area contributed by atoms with Gasteiger partial charge in [-0.25, -0.2) is 4.39 Å². The molecule has 1 fully saturated rings. The zero-order chi connectivity index (χ0) is 15.6. The normalized spacial score (nSPS) is 16.0. The van der Waals surface area contributed by atoms with Crippen molar-refractivity contribution in [3.63, 3.8) is 0 Å². The van der Waals surface area contributed by atoms with Crippen LogP contribution in [-0.2, 0) is 11.2 Å². The molecule has 7 heteroatoms. The maximum Gasteiger partial charge on any atom is 0.311 e. The average molecular weight is 305 g/mol. The van der Waals surface area contributed by atoms with Gasteiger partial charge >= 0.3 is 5.97 Å². The van der Waals surface area contributed by atoms with Crippen molar-refractivity contribution >= 4 is 11.9 Å². The van der Waals surface area contributed by atoms with Gasteiger partial charge in [0.1, 0.15) is 5.82 Å². The highest BCUT2D eigenvalue weighted by molar-refractivity contribution is 5.76. The van der Waals surface area contributed by atoms with E-state index >= 15 is 0 Å². The van der Waals surface area contributed by atoms with Crippen molar-refractivity contribution in [1.29, 1.82) is 0 Å². The minimum Gasteiger partial charge on any atom is -0.481 e. The van der Waals surface area contributed by atoms with E-state index in [-0.39, 0.29) is 18.3 Å². The second kappa shape index (κ2) is 5.75. The predicted molar refractivity (Wildman–Crippen MR) is 75.9 cm³/mol. The fraction of sp³-hybridized carbons (Fsp3) is 0.400. The molecule has 1 aliphatic carbocycles. The molecular weight excluding hydrogens is 289 g/mol. The Balaban J connectivity index is 1.59. The molecule has 0 aliphatic heterocycles. The van der Waals surface area contributed by atoms with Crippen LogP contribution in [0, 0.1) is 11.2 Å². The first-order valence-corrected chi connectivity index (χ1v) is 7.12. The fourth-order valence-corrected chi connectivity index (χ4v) is 2.49. The van der Waals surface area contributed by atoms with E-state index in [0.717, 1.165) is 12.0 Å². The number of hydrogen-bond acceptors (Lipinski definition) is 5.